The molecule has 1 aromatic heterocycles. The smallest absolute Gasteiger partial charge is 0.293 e. The first-order valence-corrected chi connectivity index (χ1v) is 12.3. The standard InChI is InChI=1S/C25H28N4O3S/c1-4-6-9-16-33-25-26-23(31)22-20-10-7-8-11-21(20)28(17(3)30)24(29(22)27-25)18-12-14-19(15-13-18)32-5-2/h7-8,10-15,24H,4-6,9,16H2,1-3H3. The van der Waals surface area contributed by atoms with Crippen LogP contribution in [0, 0.1) is 0 Å². The van der Waals surface area contributed by atoms with Crippen LogP contribution in [-0.2, 0) is 4.79 Å². The zero-order chi connectivity index (χ0) is 23.4. The fourth-order valence-electron chi connectivity index (χ4n) is 4.05. The number of thioether (sulfide) groups is 1. The van der Waals surface area contributed by atoms with E-state index in [0.717, 1.165) is 36.3 Å². The number of benzene rings is 2. The minimum absolute atomic E-state index is 0.136. The van der Waals surface area contributed by atoms with Crippen LogP contribution >= 0.6 is 11.8 Å². The van der Waals surface area contributed by atoms with Crippen molar-refractivity contribution in [1.29, 1.82) is 0 Å². The van der Waals surface area contributed by atoms with Gasteiger partial charge in [0, 0.05) is 23.3 Å². The fourth-order valence-corrected chi connectivity index (χ4v) is 4.88. The van der Waals surface area contributed by atoms with Gasteiger partial charge in [-0.15, -0.1) is 0 Å². The molecule has 0 saturated carbocycles. The number of fused-ring (bicyclic) bond motifs is 3. The molecule has 1 aliphatic heterocycles. The second-order valence-corrected chi connectivity index (χ2v) is 8.89. The minimum Gasteiger partial charge on any atom is -0.854 e. The van der Waals surface area contributed by atoms with Crippen LogP contribution in [-0.4, -0.2) is 28.3 Å². The predicted molar refractivity (Wildman–Crippen MR) is 126 cm³/mol. The molecule has 1 amide bonds. The van der Waals surface area contributed by atoms with Crippen molar-refractivity contribution in [3.05, 3.63) is 54.1 Å². The largest absolute Gasteiger partial charge is 0.854 e. The van der Waals surface area contributed by atoms with E-state index in [1.54, 1.807) is 9.58 Å². The van der Waals surface area contributed by atoms with Crippen molar-refractivity contribution in [2.24, 2.45) is 0 Å². The Balaban J connectivity index is 1.86. The first-order chi connectivity index (χ1) is 16.0. The van der Waals surface area contributed by atoms with Gasteiger partial charge in [0.05, 0.1) is 23.7 Å². The van der Waals surface area contributed by atoms with Crippen LogP contribution in [0.2, 0.25) is 0 Å². The summed E-state index contributed by atoms with van der Waals surface area (Å²) in [6, 6.07) is 15.0. The average molecular weight is 465 g/mol. The molecule has 1 atom stereocenters. The Morgan fingerprint density at radius 1 is 1.15 bits per heavy atom. The minimum atomic E-state index is -0.603. The topological polar surface area (TPSA) is 82.3 Å². The Morgan fingerprint density at radius 2 is 1.91 bits per heavy atom. The Labute approximate surface area is 198 Å². The highest BCUT2D eigenvalue weighted by Gasteiger charge is 2.43. The summed E-state index contributed by atoms with van der Waals surface area (Å²) >= 11 is 1.48. The molecule has 2 aromatic carbocycles. The molecular formula is C25H28N4O3S. The third-order valence-corrected chi connectivity index (χ3v) is 6.45. The van der Waals surface area contributed by atoms with Gasteiger partial charge in [0.25, 0.3) is 17.0 Å². The maximum atomic E-state index is 13.2. The number of rotatable bonds is 8. The number of anilines is 1. The number of nitrogens with zero attached hydrogens (tertiary/aromatic N) is 4. The van der Waals surface area contributed by atoms with E-state index in [1.807, 2.05) is 55.5 Å². The molecule has 0 radical (unpaired) electrons. The van der Waals surface area contributed by atoms with Gasteiger partial charge >= 0.3 is 0 Å². The molecule has 2 heterocycles. The average Bonchev–Trinajstić information content (AvgIpc) is 2.81. The lowest BCUT2D eigenvalue weighted by molar-refractivity contribution is -0.764. The van der Waals surface area contributed by atoms with E-state index in [2.05, 4.69) is 11.9 Å². The van der Waals surface area contributed by atoms with Crippen molar-refractivity contribution in [3.63, 3.8) is 0 Å². The van der Waals surface area contributed by atoms with Crippen molar-refractivity contribution in [2.75, 3.05) is 17.3 Å². The molecular weight excluding hydrogens is 436 g/mol. The number of unbranched alkanes of at least 4 members (excludes halogenated alkanes) is 2. The van der Waals surface area contributed by atoms with Crippen molar-refractivity contribution >= 4 is 23.4 Å². The number of aromatic nitrogens is 3. The summed E-state index contributed by atoms with van der Waals surface area (Å²) in [7, 11) is 0. The van der Waals surface area contributed by atoms with E-state index in [9.17, 15) is 9.90 Å². The fraction of sp³-hybridized carbons (Fsp3) is 0.360. The van der Waals surface area contributed by atoms with Crippen LogP contribution < -0.4 is 19.4 Å². The number of hydrogen-bond donors (Lipinski definition) is 0. The SMILES string of the molecule is CCCCCSc1nc([O-])c2[n+](n1)C(c1ccc(OCC)cc1)N(C(C)=O)c1ccccc1-2. The molecule has 0 saturated heterocycles. The van der Waals surface area contributed by atoms with Gasteiger partial charge in [0.2, 0.25) is 5.91 Å². The molecule has 0 aliphatic carbocycles. The molecule has 1 unspecified atom stereocenters. The molecule has 3 aromatic rings. The molecule has 0 spiro atoms. The zero-order valence-electron chi connectivity index (χ0n) is 19.2. The third-order valence-electron chi connectivity index (χ3n) is 5.52. The molecule has 33 heavy (non-hydrogen) atoms. The first-order valence-electron chi connectivity index (χ1n) is 11.3. The van der Waals surface area contributed by atoms with Gasteiger partial charge in [-0.3, -0.25) is 4.79 Å². The number of hydrogen-bond acceptors (Lipinski definition) is 6. The number of para-hydroxylation sites is 1. The summed E-state index contributed by atoms with van der Waals surface area (Å²) in [4.78, 5) is 18.9. The van der Waals surface area contributed by atoms with Crippen LogP contribution in [0.4, 0.5) is 5.69 Å². The summed E-state index contributed by atoms with van der Waals surface area (Å²) < 4.78 is 7.25. The lowest BCUT2D eigenvalue weighted by atomic mass is 10.0. The lowest BCUT2D eigenvalue weighted by Gasteiger charge is -2.32. The Bertz CT molecular complexity index is 1140. The highest BCUT2D eigenvalue weighted by molar-refractivity contribution is 7.99. The molecule has 0 bridgehead atoms. The van der Waals surface area contributed by atoms with Crippen LogP contribution in [0.15, 0.2) is 53.7 Å². The quantitative estimate of drug-likeness (QED) is 0.284. The molecule has 0 fully saturated rings. The van der Waals surface area contributed by atoms with Crippen LogP contribution in [0.1, 0.15) is 51.8 Å². The molecule has 1 aliphatic rings. The number of amides is 1. The van der Waals surface area contributed by atoms with E-state index < -0.39 is 6.17 Å². The van der Waals surface area contributed by atoms with Gasteiger partial charge in [-0.05, 0) is 49.7 Å². The summed E-state index contributed by atoms with van der Waals surface area (Å²) in [6.45, 7) is 6.19. The van der Waals surface area contributed by atoms with Gasteiger partial charge in [0.1, 0.15) is 5.75 Å². The second kappa shape index (κ2) is 10.2. The summed E-state index contributed by atoms with van der Waals surface area (Å²) in [5.74, 6) is 1.11. The summed E-state index contributed by atoms with van der Waals surface area (Å²) in [5.41, 5.74) is 2.55. The summed E-state index contributed by atoms with van der Waals surface area (Å²) in [5, 5.41) is 18.4. The zero-order valence-corrected chi connectivity index (χ0v) is 20.0. The van der Waals surface area contributed by atoms with Crippen molar-refractivity contribution < 1.29 is 19.3 Å². The second-order valence-electron chi connectivity index (χ2n) is 7.83. The van der Waals surface area contributed by atoms with Gasteiger partial charge < -0.3 is 9.84 Å². The van der Waals surface area contributed by atoms with Gasteiger partial charge in [-0.1, -0.05) is 48.3 Å². The van der Waals surface area contributed by atoms with E-state index in [4.69, 9.17) is 9.84 Å². The highest BCUT2D eigenvalue weighted by Crippen LogP contribution is 2.41. The normalized spacial score (nSPS) is 14.5. The Kier molecular flexibility index (Phi) is 7.13. The van der Waals surface area contributed by atoms with Gasteiger partial charge in [0.15, 0.2) is 0 Å². The molecule has 7 nitrogen and oxygen atoms in total. The monoisotopic (exact) mass is 464 g/mol. The maximum Gasteiger partial charge on any atom is 0.293 e. The van der Waals surface area contributed by atoms with E-state index in [0.29, 0.717) is 28.7 Å². The first kappa shape index (κ1) is 23.0. The van der Waals surface area contributed by atoms with Crippen molar-refractivity contribution in [3.8, 4) is 22.9 Å². The highest BCUT2D eigenvalue weighted by atomic mass is 32.2. The molecule has 0 N–H and O–H groups in total. The number of carbonyl (C=O) groups is 1. The van der Waals surface area contributed by atoms with Crippen LogP contribution in [0.3, 0.4) is 0 Å². The van der Waals surface area contributed by atoms with Crippen molar-refractivity contribution in [1.82, 2.24) is 10.1 Å². The molecule has 4 rings (SSSR count). The van der Waals surface area contributed by atoms with E-state index >= 15 is 0 Å². The number of carbonyl (C=O) groups excluding carboxylic acids is 1. The lowest BCUT2D eigenvalue weighted by Crippen LogP contribution is -2.58. The van der Waals surface area contributed by atoms with Crippen LogP contribution in [0.25, 0.3) is 11.3 Å². The summed E-state index contributed by atoms with van der Waals surface area (Å²) in [6.07, 6.45) is 2.67. The molecule has 172 valence electrons. The van der Waals surface area contributed by atoms with E-state index in [-0.39, 0.29) is 11.8 Å². The van der Waals surface area contributed by atoms with Crippen molar-refractivity contribution in [2.45, 2.75) is 51.4 Å². The third kappa shape index (κ3) is 4.66. The Hall–Kier alpha value is -3.13. The number of ether oxygens (including phenoxy) is 1. The predicted octanol–water partition coefficient (Wildman–Crippen LogP) is 4.10. The van der Waals surface area contributed by atoms with Gasteiger partial charge in [-0.2, -0.15) is 0 Å². The molecule has 8 heteroatoms. The maximum absolute atomic E-state index is 13.2. The van der Waals surface area contributed by atoms with Gasteiger partial charge in [-0.25, -0.2) is 9.88 Å². The van der Waals surface area contributed by atoms with Crippen LogP contribution in [0.5, 0.6) is 11.6 Å². The van der Waals surface area contributed by atoms with E-state index in [1.165, 1.54) is 18.7 Å². The Morgan fingerprint density at radius 3 is 2.61 bits per heavy atom.